The predicted octanol–water partition coefficient (Wildman–Crippen LogP) is 4.29. The number of anilines is 2. The molecule has 0 amide bonds. The molecule has 0 radical (unpaired) electrons. The largest absolute Gasteiger partial charge is 0.477 e. The van der Waals surface area contributed by atoms with E-state index in [0.29, 0.717) is 22.7 Å². The fraction of sp³-hybridized carbons (Fsp3) is 0.455. The fourth-order valence-electron chi connectivity index (χ4n) is 3.62. The first kappa shape index (κ1) is 20.8. The number of nitrogens with zero attached hydrogens (tertiary/aromatic N) is 3. The van der Waals surface area contributed by atoms with Gasteiger partial charge in [-0.2, -0.15) is 0 Å². The number of hydrogen-bond donors (Lipinski definition) is 3. The van der Waals surface area contributed by atoms with Crippen molar-refractivity contribution in [1.82, 2.24) is 9.97 Å². The Bertz CT molecular complexity index is 900. The summed E-state index contributed by atoms with van der Waals surface area (Å²) >= 11 is 0. The van der Waals surface area contributed by atoms with Gasteiger partial charge in [0.25, 0.3) is 0 Å². The van der Waals surface area contributed by atoms with Gasteiger partial charge in [-0.15, -0.1) is 0 Å². The molecule has 2 heterocycles. The van der Waals surface area contributed by atoms with Crippen molar-refractivity contribution in [1.29, 1.82) is 5.41 Å². The molecule has 154 valence electrons. The number of carboxylic acid groups (broad SMARTS) is 1. The van der Waals surface area contributed by atoms with Crippen molar-refractivity contribution in [3.63, 3.8) is 0 Å². The highest BCUT2D eigenvalue weighted by Crippen LogP contribution is 2.33. The Labute approximate surface area is 171 Å². The van der Waals surface area contributed by atoms with E-state index in [2.05, 4.69) is 15.3 Å². The third-order valence-corrected chi connectivity index (χ3v) is 5.30. The number of aromatic carboxylic acids is 1. The zero-order chi connectivity index (χ0) is 21.1. The molecule has 3 N–H and O–H groups in total. The van der Waals surface area contributed by atoms with E-state index in [1.165, 1.54) is 0 Å². The van der Waals surface area contributed by atoms with Crippen LogP contribution in [0.15, 0.2) is 24.4 Å². The second-order valence-corrected chi connectivity index (χ2v) is 8.08. The number of hydrogen-bond acceptors (Lipinski definition) is 6. The number of carboxylic acids is 1. The predicted molar refractivity (Wildman–Crippen MR) is 116 cm³/mol. The Morgan fingerprint density at radius 3 is 2.48 bits per heavy atom. The van der Waals surface area contributed by atoms with Gasteiger partial charge < -0.3 is 20.7 Å². The normalized spacial score (nSPS) is 14.2. The van der Waals surface area contributed by atoms with Gasteiger partial charge in [0.15, 0.2) is 5.69 Å². The first-order chi connectivity index (χ1) is 13.8. The van der Waals surface area contributed by atoms with Crippen molar-refractivity contribution in [3.8, 4) is 11.1 Å². The van der Waals surface area contributed by atoms with Crippen LogP contribution in [0.25, 0.3) is 11.1 Å². The fourth-order valence-corrected chi connectivity index (χ4v) is 3.62. The molecule has 0 atom stereocenters. The van der Waals surface area contributed by atoms with Crippen molar-refractivity contribution >= 4 is 23.3 Å². The lowest BCUT2D eigenvalue weighted by molar-refractivity contribution is 0.0690. The molecule has 3 rings (SSSR count). The third-order valence-electron chi connectivity index (χ3n) is 5.30. The van der Waals surface area contributed by atoms with Gasteiger partial charge in [0.1, 0.15) is 11.6 Å². The maximum Gasteiger partial charge on any atom is 0.354 e. The van der Waals surface area contributed by atoms with Gasteiger partial charge in [-0.1, -0.05) is 26.7 Å². The van der Waals surface area contributed by atoms with E-state index in [-0.39, 0.29) is 17.7 Å². The summed E-state index contributed by atoms with van der Waals surface area (Å²) in [6.07, 6.45) is 6.09. The number of nitrogens with one attached hydrogen (secondary N) is 2. The molecule has 1 aliphatic rings. The van der Waals surface area contributed by atoms with Crippen LogP contribution in [0.3, 0.4) is 0 Å². The topological polar surface area (TPSA) is 102 Å². The number of carbonyl (C=O) groups is 1. The molecule has 29 heavy (non-hydrogen) atoms. The zero-order valence-electron chi connectivity index (χ0n) is 17.5. The van der Waals surface area contributed by atoms with Crippen molar-refractivity contribution in [2.45, 2.75) is 45.6 Å². The second-order valence-electron chi connectivity index (χ2n) is 8.08. The molecule has 0 spiro atoms. The zero-order valence-corrected chi connectivity index (χ0v) is 17.5. The van der Waals surface area contributed by atoms with Crippen LogP contribution in [-0.2, 0) is 0 Å². The highest BCUT2D eigenvalue weighted by atomic mass is 16.4. The van der Waals surface area contributed by atoms with Gasteiger partial charge in [-0.3, -0.25) is 0 Å². The third kappa shape index (κ3) is 4.55. The molecule has 2 aromatic rings. The minimum absolute atomic E-state index is 0.0237. The molecular formula is C22H29N5O2. The minimum Gasteiger partial charge on any atom is -0.477 e. The molecule has 1 fully saturated rings. The summed E-state index contributed by atoms with van der Waals surface area (Å²) < 4.78 is 0. The van der Waals surface area contributed by atoms with E-state index in [1.807, 2.05) is 45.0 Å². The summed E-state index contributed by atoms with van der Waals surface area (Å²) in [5.41, 5.74) is 2.51. The number of rotatable bonds is 7. The van der Waals surface area contributed by atoms with Gasteiger partial charge in [-0.05, 0) is 42.5 Å². The smallest absolute Gasteiger partial charge is 0.354 e. The van der Waals surface area contributed by atoms with E-state index in [1.54, 1.807) is 12.3 Å². The van der Waals surface area contributed by atoms with Gasteiger partial charge >= 0.3 is 5.97 Å². The minimum atomic E-state index is -1.08. The number of pyridine rings is 2. The van der Waals surface area contributed by atoms with Crippen LogP contribution in [0.1, 0.15) is 55.6 Å². The summed E-state index contributed by atoms with van der Waals surface area (Å²) in [6.45, 7) is 3.92. The van der Waals surface area contributed by atoms with Crippen molar-refractivity contribution in [2.75, 3.05) is 24.3 Å². The van der Waals surface area contributed by atoms with E-state index in [9.17, 15) is 9.90 Å². The lowest BCUT2D eigenvalue weighted by Crippen LogP contribution is -2.22. The van der Waals surface area contributed by atoms with Crippen LogP contribution in [-0.4, -0.2) is 46.9 Å². The lowest BCUT2D eigenvalue weighted by Gasteiger charge is -2.22. The first-order valence-electron chi connectivity index (χ1n) is 10.1. The van der Waals surface area contributed by atoms with Crippen LogP contribution >= 0.6 is 0 Å². The highest BCUT2D eigenvalue weighted by Gasteiger charge is 2.25. The molecule has 0 aromatic carbocycles. The van der Waals surface area contributed by atoms with Crippen LogP contribution in [0.2, 0.25) is 0 Å². The summed E-state index contributed by atoms with van der Waals surface area (Å²) in [5.74, 6) is 0.193. The molecule has 0 bridgehead atoms. The molecule has 7 heteroatoms. The van der Waals surface area contributed by atoms with Gasteiger partial charge in [0.2, 0.25) is 0 Å². The molecule has 0 saturated heterocycles. The standard InChI is InChI=1S/C22H29N5O2/c1-13(2)20(23)19-16(14-9-10-18(24-12-14)27(3)4)11-17(22(28)29)26-21(19)25-15-7-5-6-8-15/h9-13,15,23H,5-8H2,1-4H3,(H,25,26)(H,28,29). The maximum atomic E-state index is 11.8. The van der Waals surface area contributed by atoms with E-state index in [0.717, 1.165) is 37.1 Å². The van der Waals surface area contributed by atoms with Crippen LogP contribution in [0.4, 0.5) is 11.6 Å². The Kier molecular flexibility index (Phi) is 6.15. The molecule has 7 nitrogen and oxygen atoms in total. The van der Waals surface area contributed by atoms with Crippen molar-refractivity contribution in [3.05, 3.63) is 35.7 Å². The summed E-state index contributed by atoms with van der Waals surface area (Å²) in [6, 6.07) is 5.62. The summed E-state index contributed by atoms with van der Waals surface area (Å²) in [7, 11) is 3.83. The van der Waals surface area contributed by atoms with Crippen molar-refractivity contribution in [2.24, 2.45) is 5.92 Å². The highest BCUT2D eigenvalue weighted by molar-refractivity contribution is 6.09. The molecule has 2 aromatic heterocycles. The Balaban J connectivity index is 2.18. The number of aromatic nitrogens is 2. The average Bonchev–Trinajstić information content (AvgIpc) is 3.19. The Hall–Kier alpha value is -2.96. The molecule has 0 aliphatic heterocycles. The Morgan fingerprint density at radius 2 is 1.97 bits per heavy atom. The van der Waals surface area contributed by atoms with Crippen LogP contribution < -0.4 is 10.2 Å². The van der Waals surface area contributed by atoms with Crippen LogP contribution in [0, 0.1) is 11.3 Å². The maximum absolute atomic E-state index is 11.8. The summed E-state index contributed by atoms with van der Waals surface area (Å²) in [4.78, 5) is 22.5. The summed E-state index contributed by atoms with van der Waals surface area (Å²) in [5, 5.41) is 21.8. The van der Waals surface area contributed by atoms with E-state index < -0.39 is 5.97 Å². The molecule has 1 aliphatic carbocycles. The monoisotopic (exact) mass is 395 g/mol. The van der Waals surface area contributed by atoms with Crippen LogP contribution in [0.5, 0.6) is 0 Å². The lowest BCUT2D eigenvalue weighted by atomic mass is 9.92. The van der Waals surface area contributed by atoms with Gasteiger partial charge in [-0.25, -0.2) is 14.8 Å². The molecular weight excluding hydrogens is 366 g/mol. The van der Waals surface area contributed by atoms with E-state index in [4.69, 9.17) is 5.41 Å². The first-order valence-corrected chi connectivity index (χ1v) is 10.1. The molecule has 1 saturated carbocycles. The quantitative estimate of drug-likeness (QED) is 0.605. The molecule has 0 unspecified atom stereocenters. The SMILES string of the molecule is CC(C)C(=N)c1c(-c2ccc(N(C)C)nc2)cc(C(=O)O)nc1NC1CCCC1. The average molecular weight is 396 g/mol. The Morgan fingerprint density at radius 1 is 1.28 bits per heavy atom. The van der Waals surface area contributed by atoms with Gasteiger partial charge in [0, 0.05) is 43.2 Å². The van der Waals surface area contributed by atoms with Crippen molar-refractivity contribution < 1.29 is 9.90 Å². The second kappa shape index (κ2) is 8.59. The van der Waals surface area contributed by atoms with Gasteiger partial charge in [0.05, 0.1) is 0 Å². The van der Waals surface area contributed by atoms with E-state index >= 15 is 0 Å².